The monoisotopic (exact) mass is 379 g/mol. The first-order chi connectivity index (χ1) is 13.4. The summed E-state index contributed by atoms with van der Waals surface area (Å²) in [5.41, 5.74) is 2.19. The van der Waals surface area contributed by atoms with E-state index in [1.165, 1.54) is 9.80 Å². The van der Waals surface area contributed by atoms with Gasteiger partial charge in [0.15, 0.2) is 0 Å². The van der Waals surface area contributed by atoms with Gasteiger partial charge in [0, 0.05) is 30.9 Å². The van der Waals surface area contributed by atoms with Crippen LogP contribution in [-0.4, -0.2) is 48.8 Å². The lowest BCUT2D eigenvalue weighted by Gasteiger charge is -2.27. The number of benzene rings is 1. The Morgan fingerprint density at radius 3 is 2.36 bits per heavy atom. The molecular weight excluding hydrogens is 354 g/mol. The van der Waals surface area contributed by atoms with Gasteiger partial charge in [0.1, 0.15) is 0 Å². The molecule has 1 aromatic heterocycles. The molecule has 1 fully saturated rings. The average molecular weight is 379 g/mol. The van der Waals surface area contributed by atoms with E-state index in [-0.39, 0.29) is 11.3 Å². The molecule has 0 spiro atoms. The van der Waals surface area contributed by atoms with Crippen molar-refractivity contribution in [3.63, 3.8) is 0 Å². The summed E-state index contributed by atoms with van der Waals surface area (Å²) in [5, 5.41) is 13.2. The van der Waals surface area contributed by atoms with E-state index in [1.807, 2.05) is 33.2 Å². The number of hydrogen-bond acceptors (Lipinski definition) is 4. The maximum absolute atomic E-state index is 13.2. The summed E-state index contributed by atoms with van der Waals surface area (Å²) in [6, 6.07) is 9.89. The molecule has 0 bridgehead atoms. The number of hydrogen-bond donors (Lipinski definition) is 1. The van der Waals surface area contributed by atoms with Crippen molar-refractivity contribution in [1.29, 1.82) is 0 Å². The van der Waals surface area contributed by atoms with Crippen LogP contribution in [0.5, 0.6) is 0 Å². The number of nitrogens with one attached hydrogen (secondary N) is 1. The Labute approximate surface area is 165 Å². The first-order valence-electron chi connectivity index (χ1n) is 9.42. The van der Waals surface area contributed by atoms with Gasteiger partial charge in [-0.25, -0.2) is 0 Å². The molecule has 2 heterocycles. The fourth-order valence-corrected chi connectivity index (χ4v) is 3.46. The van der Waals surface area contributed by atoms with E-state index in [9.17, 15) is 14.7 Å². The van der Waals surface area contributed by atoms with Gasteiger partial charge in [-0.2, -0.15) is 0 Å². The van der Waals surface area contributed by atoms with Gasteiger partial charge in [-0.1, -0.05) is 35.6 Å². The number of quaternary nitrogens is 1. The van der Waals surface area contributed by atoms with Gasteiger partial charge in [0.25, 0.3) is 5.91 Å². The molecule has 1 aliphatic rings. The highest BCUT2D eigenvalue weighted by Gasteiger charge is 2.43. The maximum Gasteiger partial charge on any atom is 0.295 e. The average Bonchev–Trinajstić information content (AvgIpc) is 2.93. The number of carbonyl (C=O) groups excluding carboxylic acids is 2. The van der Waals surface area contributed by atoms with Crippen molar-refractivity contribution in [2.24, 2.45) is 0 Å². The molecule has 2 aromatic rings. The number of aryl methyl sites for hydroxylation is 1. The number of pyridine rings is 1. The van der Waals surface area contributed by atoms with Crippen LogP contribution in [0.2, 0.25) is 0 Å². The van der Waals surface area contributed by atoms with Crippen molar-refractivity contribution in [3.05, 3.63) is 71.1 Å². The quantitative estimate of drug-likeness (QED) is 0.440. The van der Waals surface area contributed by atoms with E-state index >= 15 is 0 Å². The van der Waals surface area contributed by atoms with Crippen LogP contribution in [0.4, 0.5) is 0 Å². The number of ketones is 1. The fraction of sp³-hybridized carbons (Fsp3) is 0.318. The molecule has 1 amide bonds. The third-order valence-electron chi connectivity index (χ3n) is 4.94. The Kier molecular flexibility index (Phi) is 5.90. The van der Waals surface area contributed by atoms with Crippen molar-refractivity contribution in [1.82, 2.24) is 9.88 Å². The van der Waals surface area contributed by atoms with Crippen LogP contribution < -0.4 is 10.0 Å². The maximum atomic E-state index is 13.2. The summed E-state index contributed by atoms with van der Waals surface area (Å²) in [4.78, 5) is 32.4. The summed E-state index contributed by atoms with van der Waals surface area (Å²) in [6.45, 7) is 3.22. The van der Waals surface area contributed by atoms with E-state index in [1.54, 1.807) is 36.7 Å². The minimum absolute atomic E-state index is 0.0252. The molecular formula is C22H25N3O3. The normalized spacial score (nSPS) is 18.9. The number of carbonyl (C=O) groups is 2. The molecule has 146 valence electrons. The Morgan fingerprint density at radius 2 is 1.75 bits per heavy atom. The zero-order valence-electron chi connectivity index (χ0n) is 16.4. The lowest BCUT2D eigenvalue weighted by molar-refractivity contribution is -0.858. The molecule has 0 radical (unpaired) electrons. The molecule has 1 saturated heterocycles. The smallest absolute Gasteiger partial charge is 0.295 e. The third kappa shape index (κ3) is 3.97. The Balaban J connectivity index is 2.06. The van der Waals surface area contributed by atoms with Crippen LogP contribution >= 0.6 is 0 Å². The minimum Gasteiger partial charge on any atom is -0.872 e. The first kappa shape index (κ1) is 19.8. The molecule has 1 aliphatic heterocycles. The predicted molar refractivity (Wildman–Crippen MR) is 104 cm³/mol. The molecule has 6 heteroatoms. The van der Waals surface area contributed by atoms with Crippen LogP contribution in [0, 0.1) is 6.92 Å². The van der Waals surface area contributed by atoms with Crippen molar-refractivity contribution in [2.75, 3.05) is 27.2 Å². The summed E-state index contributed by atoms with van der Waals surface area (Å²) >= 11 is 0. The zero-order valence-corrected chi connectivity index (χ0v) is 16.4. The van der Waals surface area contributed by atoms with Gasteiger partial charge in [-0.15, -0.1) is 0 Å². The highest BCUT2D eigenvalue weighted by Crippen LogP contribution is 2.38. The lowest BCUT2D eigenvalue weighted by atomic mass is 9.95. The number of amides is 1. The van der Waals surface area contributed by atoms with Crippen molar-refractivity contribution >= 4 is 17.4 Å². The first-order valence-corrected chi connectivity index (χ1v) is 9.42. The second-order valence-corrected chi connectivity index (χ2v) is 7.43. The van der Waals surface area contributed by atoms with Gasteiger partial charge in [0.05, 0.1) is 26.7 Å². The highest BCUT2D eigenvalue weighted by atomic mass is 16.3. The van der Waals surface area contributed by atoms with Gasteiger partial charge >= 0.3 is 0 Å². The molecule has 1 atom stereocenters. The number of aromatic nitrogens is 1. The largest absolute Gasteiger partial charge is 0.872 e. The van der Waals surface area contributed by atoms with Crippen LogP contribution in [0.3, 0.4) is 0 Å². The van der Waals surface area contributed by atoms with Gasteiger partial charge in [-0.05, 0) is 30.2 Å². The van der Waals surface area contributed by atoms with E-state index < -0.39 is 17.7 Å². The number of Topliss-reactive ketones (excluding diaryl/α,β-unsaturated/α-hetero) is 1. The topological polar surface area (TPSA) is 77.8 Å². The summed E-state index contributed by atoms with van der Waals surface area (Å²) in [5.74, 6) is -1.70. The third-order valence-corrected chi connectivity index (χ3v) is 4.94. The molecule has 1 unspecified atom stereocenters. The minimum atomic E-state index is -0.704. The molecule has 0 aliphatic carbocycles. The fourth-order valence-electron chi connectivity index (χ4n) is 3.46. The highest BCUT2D eigenvalue weighted by molar-refractivity contribution is 6.46. The molecule has 0 saturated carbocycles. The van der Waals surface area contributed by atoms with Crippen LogP contribution in [0.1, 0.15) is 29.2 Å². The molecule has 1 N–H and O–H groups in total. The van der Waals surface area contributed by atoms with Crippen LogP contribution in [0.15, 0.2) is 54.4 Å². The van der Waals surface area contributed by atoms with Gasteiger partial charge in [0.2, 0.25) is 5.78 Å². The van der Waals surface area contributed by atoms with Crippen molar-refractivity contribution in [3.8, 4) is 0 Å². The van der Waals surface area contributed by atoms with E-state index in [0.29, 0.717) is 12.1 Å². The Bertz CT molecular complexity index is 889. The van der Waals surface area contributed by atoms with Gasteiger partial charge < -0.3 is 14.9 Å². The molecule has 1 aromatic carbocycles. The summed E-state index contributed by atoms with van der Waals surface area (Å²) in [7, 11) is 4.07. The molecule has 6 nitrogen and oxygen atoms in total. The van der Waals surface area contributed by atoms with Crippen molar-refractivity contribution in [2.45, 2.75) is 19.4 Å². The van der Waals surface area contributed by atoms with Gasteiger partial charge in [-0.3, -0.25) is 14.6 Å². The summed E-state index contributed by atoms with van der Waals surface area (Å²) < 4.78 is 0. The van der Waals surface area contributed by atoms with Crippen molar-refractivity contribution < 1.29 is 19.6 Å². The predicted octanol–water partition coefficient (Wildman–Crippen LogP) is 0.149. The second-order valence-electron chi connectivity index (χ2n) is 7.43. The Hall–Kier alpha value is -2.99. The number of likely N-dealkylation sites (tertiary alicyclic amines) is 1. The summed E-state index contributed by atoms with van der Waals surface area (Å²) in [6.07, 6.45) is 3.96. The SMILES string of the molecule is Cc1ccc(/C([O-])=C2\C(=O)C(=O)N(CCC[NH+](C)C)C2c2ccncc2)cc1. The van der Waals surface area contributed by atoms with E-state index in [4.69, 9.17) is 0 Å². The Morgan fingerprint density at radius 1 is 1.11 bits per heavy atom. The molecule has 28 heavy (non-hydrogen) atoms. The van der Waals surface area contributed by atoms with Crippen LogP contribution in [0.25, 0.3) is 5.76 Å². The van der Waals surface area contributed by atoms with E-state index in [0.717, 1.165) is 24.1 Å². The zero-order chi connectivity index (χ0) is 20.3. The van der Waals surface area contributed by atoms with Crippen LogP contribution in [-0.2, 0) is 9.59 Å². The number of nitrogens with zero attached hydrogens (tertiary/aromatic N) is 2. The van der Waals surface area contributed by atoms with E-state index in [2.05, 4.69) is 4.98 Å². The number of rotatable bonds is 6. The lowest BCUT2D eigenvalue weighted by Crippen LogP contribution is -3.05. The standard InChI is InChI=1S/C22H25N3O3/c1-15-5-7-17(8-6-15)20(26)18-19(16-9-11-23-12-10-16)25(22(28)21(18)27)14-4-13-24(2)3/h5-12,19,26H,4,13-14H2,1-3H3/b20-18+. The second kappa shape index (κ2) is 8.35. The molecule has 3 rings (SSSR count).